The summed E-state index contributed by atoms with van der Waals surface area (Å²) in [4.78, 5) is 0. The average Bonchev–Trinajstić information content (AvgIpc) is 2.22. The van der Waals surface area contributed by atoms with Crippen LogP contribution in [0.1, 0.15) is 0 Å². The molecule has 0 aliphatic rings. The third-order valence-electron chi connectivity index (χ3n) is 1.50. The fourth-order valence-electron chi connectivity index (χ4n) is 0.836. The predicted octanol–water partition coefficient (Wildman–Crippen LogP) is 3.06. The van der Waals surface area contributed by atoms with Gasteiger partial charge in [-0.15, -0.1) is 0 Å². The summed E-state index contributed by atoms with van der Waals surface area (Å²) in [5.74, 6) is -0.640. The van der Waals surface area contributed by atoms with Crippen LogP contribution in [0, 0.1) is 28.5 Å². The van der Waals surface area contributed by atoms with Gasteiger partial charge >= 0.3 is 0 Å². The Morgan fingerprint density at radius 1 is 1.44 bits per heavy atom. The van der Waals surface area contributed by atoms with Crippen molar-refractivity contribution in [1.82, 2.24) is 0 Å². The molecule has 80 valence electrons. The van der Waals surface area contributed by atoms with Crippen molar-refractivity contribution in [2.75, 3.05) is 5.43 Å². The van der Waals surface area contributed by atoms with Gasteiger partial charge in [0.1, 0.15) is 17.8 Å². The number of anilines is 1. The number of benzene rings is 1. The van der Waals surface area contributed by atoms with Gasteiger partial charge in [0.05, 0.1) is 5.02 Å². The Hall–Kier alpha value is -1.63. The monoisotopic (exact) mass is 300 g/mol. The second-order valence-electron chi connectivity index (χ2n) is 2.54. The zero-order valence-corrected chi connectivity index (χ0v) is 9.97. The molecule has 0 bridgehead atoms. The molecule has 0 spiro atoms. The molecule has 0 saturated heterocycles. The minimum Gasteiger partial charge on any atom is -0.272 e. The predicted molar refractivity (Wildman–Crippen MR) is 61.4 cm³/mol. The number of hydrogen-bond donors (Lipinski definition) is 1. The molecule has 0 aromatic heterocycles. The highest BCUT2D eigenvalue weighted by molar-refractivity contribution is 9.10. The van der Waals surface area contributed by atoms with E-state index in [0.29, 0.717) is 4.47 Å². The van der Waals surface area contributed by atoms with Crippen LogP contribution >= 0.6 is 27.5 Å². The SMILES string of the molecule is N#CC(C#N)=NNc1c(F)cc(Br)cc1Cl. The minimum atomic E-state index is -0.640. The summed E-state index contributed by atoms with van der Waals surface area (Å²) in [7, 11) is 0. The Morgan fingerprint density at radius 2 is 2.06 bits per heavy atom. The van der Waals surface area contributed by atoms with E-state index < -0.39 is 11.5 Å². The number of halogens is 3. The Balaban J connectivity index is 3.05. The molecule has 0 saturated carbocycles. The lowest BCUT2D eigenvalue weighted by atomic mass is 10.3. The highest BCUT2D eigenvalue weighted by Crippen LogP contribution is 2.29. The second kappa shape index (κ2) is 5.45. The van der Waals surface area contributed by atoms with E-state index in [0.717, 1.165) is 0 Å². The minimum absolute atomic E-state index is 0.0888. The third-order valence-corrected chi connectivity index (χ3v) is 2.25. The Labute approximate surface area is 104 Å². The first-order valence-electron chi connectivity index (χ1n) is 3.87. The van der Waals surface area contributed by atoms with Gasteiger partial charge in [0, 0.05) is 4.47 Å². The van der Waals surface area contributed by atoms with Crippen molar-refractivity contribution in [1.29, 1.82) is 10.5 Å². The molecular weight excluding hydrogens is 298 g/mol. The van der Waals surface area contributed by atoms with Crippen molar-refractivity contribution >= 4 is 38.9 Å². The summed E-state index contributed by atoms with van der Waals surface area (Å²) in [6, 6.07) is 5.69. The summed E-state index contributed by atoms with van der Waals surface area (Å²) >= 11 is 8.80. The molecule has 7 heteroatoms. The van der Waals surface area contributed by atoms with E-state index in [1.807, 2.05) is 0 Å². The van der Waals surface area contributed by atoms with E-state index in [1.54, 1.807) is 0 Å². The van der Waals surface area contributed by atoms with Gasteiger partial charge in [0.25, 0.3) is 0 Å². The normalized spacial score (nSPS) is 8.81. The summed E-state index contributed by atoms with van der Waals surface area (Å²) in [5, 5.41) is 20.3. The van der Waals surface area contributed by atoms with E-state index in [-0.39, 0.29) is 10.7 Å². The number of hydrazone groups is 1. The maximum Gasteiger partial charge on any atom is 0.237 e. The summed E-state index contributed by atoms with van der Waals surface area (Å²) in [6.07, 6.45) is 0. The highest BCUT2D eigenvalue weighted by Gasteiger charge is 2.08. The highest BCUT2D eigenvalue weighted by atomic mass is 79.9. The lowest BCUT2D eigenvalue weighted by Crippen LogP contribution is -1.99. The molecule has 0 aliphatic heterocycles. The van der Waals surface area contributed by atoms with Crippen LogP contribution in [-0.2, 0) is 0 Å². The van der Waals surface area contributed by atoms with Gasteiger partial charge in [-0.2, -0.15) is 15.6 Å². The topological polar surface area (TPSA) is 72.0 Å². The number of nitriles is 2. The van der Waals surface area contributed by atoms with Crippen LogP contribution in [0.25, 0.3) is 0 Å². The van der Waals surface area contributed by atoms with Gasteiger partial charge < -0.3 is 0 Å². The quantitative estimate of drug-likeness (QED) is 0.674. The Kier molecular flexibility index (Phi) is 4.24. The van der Waals surface area contributed by atoms with Gasteiger partial charge in [0.15, 0.2) is 5.82 Å². The lowest BCUT2D eigenvalue weighted by molar-refractivity contribution is 0.630. The molecule has 1 aromatic rings. The van der Waals surface area contributed by atoms with Gasteiger partial charge in [-0.25, -0.2) is 4.39 Å². The zero-order valence-electron chi connectivity index (χ0n) is 7.63. The number of nitrogens with one attached hydrogen (secondary N) is 1. The van der Waals surface area contributed by atoms with Gasteiger partial charge in [0.2, 0.25) is 5.71 Å². The first-order valence-corrected chi connectivity index (χ1v) is 5.04. The molecule has 0 fully saturated rings. The van der Waals surface area contributed by atoms with Crippen molar-refractivity contribution < 1.29 is 4.39 Å². The third kappa shape index (κ3) is 2.93. The van der Waals surface area contributed by atoms with Crippen LogP contribution in [-0.4, -0.2) is 5.71 Å². The fraction of sp³-hybridized carbons (Fsp3) is 0. The van der Waals surface area contributed by atoms with Crippen LogP contribution in [0.4, 0.5) is 10.1 Å². The Bertz CT molecular complexity index is 490. The molecule has 0 heterocycles. The summed E-state index contributed by atoms with van der Waals surface area (Å²) in [5.41, 5.74) is 1.72. The average molecular weight is 302 g/mol. The zero-order chi connectivity index (χ0) is 12.1. The smallest absolute Gasteiger partial charge is 0.237 e. The van der Waals surface area contributed by atoms with E-state index in [9.17, 15) is 4.39 Å². The van der Waals surface area contributed by atoms with Gasteiger partial charge in [-0.3, -0.25) is 5.43 Å². The fourth-order valence-corrected chi connectivity index (χ4v) is 1.65. The molecule has 0 amide bonds. The second-order valence-corrected chi connectivity index (χ2v) is 3.86. The van der Waals surface area contributed by atoms with Gasteiger partial charge in [-0.05, 0) is 12.1 Å². The van der Waals surface area contributed by atoms with Crippen LogP contribution in [0.3, 0.4) is 0 Å². The molecule has 1 N–H and O–H groups in total. The van der Waals surface area contributed by atoms with Crippen LogP contribution in [0.15, 0.2) is 21.7 Å². The van der Waals surface area contributed by atoms with Gasteiger partial charge in [-0.1, -0.05) is 27.5 Å². The van der Waals surface area contributed by atoms with E-state index in [2.05, 4.69) is 26.5 Å². The molecule has 0 atom stereocenters. The molecular formula is C9H3BrClFN4. The first-order chi connectivity index (χ1) is 7.58. The van der Waals surface area contributed by atoms with Crippen molar-refractivity contribution in [2.24, 2.45) is 5.10 Å². The number of hydrogen-bond acceptors (Lipinski definition) is 4. The molecule has 1 rings (SSSR count). The molecule has 0 aliphatic carbocycles. The van der Waals surface area contributed by atoms with Crippen LogP contribution in [0.2, 0.25) is 5.02 Å². The lowest BCUT2D eigenvalue weighted by Gasteiger charge is -2.04. The summed E-state index contributed by atoms with van der Waals surface area (Å²) < 4.78 is 13.8. The van der Waals surface area contributed by atoms with Crippen molar-refractivity contribution in [3.8, 4) is 12.1 Å². The molecule has 0 radical (unpaired) electrons. The van der Waals surface area contributed by atoms with E-state index >= 15 is 0 Å². The maximum atomic E-state index is 13.4. The molecule has 1 aromatic carbocycles. The van der Waals surface area contributed by atoms with Crippen molar-refractivity contribution in [2.45, 2.75) is 0 Å². The van der Waals surface area contributed by atoms with Crippen molar-refractivity contribution in [3.05, 3.63) is 27.4 Å². The van der Waals surface area contributed by atoms with Crippen LogP contribution in [0.5, 0.6) is 0 Å². The number of nitrogens with zero attached hydrogens (tertiary/aromatic N) is 3. The van der Waals surface area contributed by atoms with Crippen LogP contribution < -0.4 is 5.43 Å². The standard InChI is InChI=1S/C9H3BrClFN4/c10-5-1-7(11)9(8(12)2-5)16-15-6(3-13)4-14/h1-2,16H. The molecule has 0 unspecified atom stereocenters. The molecule has 4 nitrogen and oxygen atoms in total. The Morgan fingerprint density at radius 3 is 2.56 bits per heavy atom. The first kappa shape index (κ1) is 12.4. The number of rotatable bonds is 2. The van der Waals surface area contributed by atoms with E-state index in [4.69, 9.17) is 22.1 Å². The molecule has 16 heavy (non-hydrogen) atoms. The van der Waals surface area contributed by atoms with Crippen molar-refractivity contribution in [3.63, 3.8) is 0 Å². The summed E-state index contributed by atoms with van der Waals surface area (Å²) in [6.45, 7) is 0. The van der Waals surface area contributed by atoms with E-state index in [1.165, 1.54) is 24.3 Å². The largest absolute Gasteiger partial charge is 0.272 e. The maximum absolute atomic E-state index is 13.4.